The molecule has 2 heterocycles. The molecular weight excluding hydrogens is 380 g/mol. The summed E-state index contributed by atoms with van der Waals surface area (Å²) >= 11 is 0. The molecule has 152 valence electrons. The van der Waals surface area contributed by atoms with Crippen molar-refractivity contribution < 1.29 is 23.4 Å². The minimum atomic E-state index is -0.407. The molecule has 1 saturated heterocycles. The minimum Gasteiger partial charge on any atom is -0.494 e. The summed E-state index contributed by atoms with van der Waals surface area (Å²) in [5.74, 6) is -0.932. The van der Waals surface area contributed by atoms with Crippen LogP contribution >= 0.6 is 0 Å². The van der Waals surface area contributed by atoms with Crippen LogP contribution in [0.5, 0.6) is 5.88 Å². The topological polar surface area (TPSA) is 70.1 Å². The number of hydrogen-bond donors (Lipinski definition) is 2. The Hall–Kier alpha value is -2.97. The van der Waals surface area contributed by atoms with Gasteiger partial charge in [0.2, 0.25) is 0 Å². The molecule has 2 N–H and O–H groups in total. The Balaban J connectivity index is 1.48. The van der Waals surface area contributed by atoms with Gasteiger partial charge in [0.25, 0.3) is 0 Å². The quantitative estimate of drug-likeness (QED) is 0.610. The summed E-state index contributed by atoms with van der Waals surface area (Å²) in [5.41, 5.74) is 1.73. The van der Waals surface area contributed by atoms with Crippen molar-refractivity contribution in [3.8, 4) is 5.88 Å². The van der Waals surface area contributed by atoms with E-state index in [1.54, 1.807) is 30.1 Å². The van der Waals surface area contributed by atoms with E-state index >= 15 is 0 Å². The van der Waals surface area contributed by atoms with Crippen LogP contribution in [0.15, 0.2) is 41.4 Å². The van der Waals surface area contributed by atoms with Crippen LogP contribution in [0.4, 0.5) is 20.2 Å². The van der Waals surface area contributed by atoms with Crippen LogP contribution in [0.25, 0.3) is 10.9 Å². The molecule has 3 aromatic rings. The number of aromatic hydroxyl groups is 1. The maximum Gasteiger partial charge on any atom is 0.198 e. The molecule has 6 nitrogen and oxygen atoms in total. The lowest BCUT2D eigenvalue weighted by Crippen LogP contribution is -2.24. The molecule has 1 aromatic heterocycles. The number of rotatable bonds is 6. The zero-order chi connectivity index (χ0) is 20.4. The Morgan fingerprint density at radius 2 is 2.00 bits per heavy atom. The summed E-state index contributed by atoms with van der Waals surface area (Å²) in [6, 6.07) is 8.83. The molecule has 1 fully saturated rings. The van der Waals surface area contributed by atoms with Gasteiger partial charge in [-0.15, -0.1) is 0 Å². The van der Waals surface area contributed by atoms with Crippen molar-refractivity contribution >= 4 is 28.5 Å². The van der Waals surface area contributed by atoms with E-state index in [4.69, 9.17) is 9.47 Å². The van der Waals surface area contributed by atoms with Gasteiger partial charge in [-0.1, -0.05) is 0 Å². The zero-order valence-electron chi connectivity index (χ0n) is 15.9. The third-order valence-corrected chi connectivity index (χ3v) is 4.86. The van der Waals surface area contributed by atoms with E-state index in [-0.39, 0.29) is 12.2 Å². The van der Waals surface area contributed by atoms with Gasteiger partial charge in [0.05, 0.1) is 35.7 Å². The first kappa shape index (κ1) is 19.4. The Bertz CT molecular complexity index is 1050. The summed E-state index contributed by atoms with van der Waals surface area (Å²) < 4.78 is 38.7. The number of aromatic nitrogens is 1. The molecule has 1 aliphatic rings. The first-order chi connectivity index (χ1) is 14.0. The first-order valence-corrected chi connectivity index (χ1v) is 9.29. The molecule has 8 heteroatoms. The van der Waals surface area contributed by atoms with Crippen LogP contribution < -0.4 is 4.90 Å². The number of aromatic amines is 1. The van der Waals surface area contributed by atoms with Gasteiger partial charge in [-0.25, -0.2) is 8.78 Å². The zero-order valence-corrected chi connectivity index (χ0v) is 15.9. The highest BCUT2D eigenvalue weighted by atomic mass is 19.1. The molecule has 0 bridgehead atoms. The van der Waals surface area contributed by atoms with Crippen LogP contribution in [-0.2, 0) is 9.47 Å². The third-order valence-electron chi connectivity index (χ3n) is 4.86. The fourth-order valence-electron chi connectivity index (χ4n) is 3.33. The number of nitrogens with zero attached hydrogens (tertiary/aromatic N) is 2. The fourth-order valence-corrected chi connectivity index (χ4v) is 3.33. The third kappa shape index (κ3) is 4.23. The summed E-state index contributed by atoms with van der Waals surface area (Å²) in [6.45, 7) is 1.77. The molecule has 0 atom stereocenters. The highest BCUT2D eigenvalue weighted by Crippen LogP contribution is 2.28. The predicted octanol–water partition coefficient (Wildman–Crippen LogP) is 4.10. The molecule has 2 aromatic carbocycles. The van der Waals surface area contributed by atoms with E-state index in [0.29, 0.717) is 54.0 Å². The molecule has 0 aliphatic carbocycles. The molecule has 29 heavy (non-hydrogen) atoms. The lowest BCUT2D eigenvalue weighted by Gasteiger charge is -2.21. The number of aliphatic imine (C=N–C) groups is 1. The van der Waals surface area contributed by atoms with E-state index in [0.717, 1.165) is 0 Å². The molecule has 0 spiro atoms. The van der Waals surface area contributed by atoms with Gasteiger partial charge in [-0.05, 0) is 30.3 Å². The molecule has 0 unspecified atom stereocenters. The summed E-state index contributed by atoms with van der Waals surface area (Å²) in [5, 5.41) is 10.7. The molecule has 4 rings (SSSR count). The van der Waals surface area contributed by atoms with Crippen LogP contribution in [0.1, 0.15) is 12.0 Å². The van der Waals surface area contributed by atoms with Crippen molar-refractivity contribution in [1.82, 2.24) is 4.98 Å². The average Bonchev–Trinajstić information content (AvgIpc) is 3.31. The largest absolute Gasteiger partial charge is 0.494 e. The standard InChI is InChI=1S/C21H21F2N3O3/c1-26(7-6-20-28-8-9-29-20)19-5-3-14(11-17(19)23)24-12-16-15-4-2-13(22)10-18(15)25-21(16)27/h2-5,10-12,20,25,27H,6-9H2,1H3. The minimum absolute atomic E-state index is 0.123. The Kier molecular flexibility index (Phi) is 5.46. The van der Waals surface area contributed by atoms with Gasteiger partial charge in [-0.2, -0.15) is 0 Å². The van der Waals surface area contributed by atoms with Crippen molar-refractivity contribution in [3.63, 3.8) is 0 Å². The van der Waals surface area contributed by atoms with E-state index in [1.807, 2.05) is 0 Å². The number of hydrogen-bond acceptors (Lipinski definition) is 5. The molecule has 0 radical (unpaired) electrons. The highest BCUT2D eigenvalue weighted by molar-refractivity contribution is 6.02. The average molecular weight is 401 g/mol. The number of halogens is 2. The number of nitrogens with one attached hydrogen (secondary N) is 1. The summed E-state index contributed by atoms with van der Waals surface area (Å²) in [4.78, 5) is 8.75. The predicted molar refractivity (Wildman–Crippen MR) is 107 cm³/mol. The summed E-state index contributed by atoms with van der Waals surface area (Å²) in [6.07, 6.45) is 1.84. The van der Waals surface area contributed by atoms with Gasteiger partial charge in [-0.3, -0.25) is 4.99 Å². The normalized spacial score (nSPS) is 15.0. The van der Waals surface area contributed by atoms with E-state index in [9.17, 15) is 13.9 Å². The van der Waals surface area contributed by atoms with Crippen molar-refractivity contribution in [3.05, 3.63) is 53.6 Å². The van der Waals surface area contributed by atoms with E-state index < -0.39 is 11.6 Å². The van der Waals surface area contributed by atoms with Gasteiger partial charge < -0.3 is 24.5 Å². The Labute approximate surface area is 166 Å². The molecule has 0 amide bonds. The second-order valence-electron chi connectivity index (χ2n) is 6.85. The van der Waals surface area contributed by atoms with Gasteiger partial charge in [0, 0.05) is 37.7 Å². The van der Waals surface area contributed by atoms with Crippen molar-refractivity contribution in [1.29, 1.82) is 0 Å². The number of fused-ring (bicyclic) bond motifs is 1. The van der Waals surface area contributed by atoms with Crippen LogP contribution in [0, 0.1) is 11.6 Å². The van der Waals surface area contributed by atoms with Crippen LogP contribution in [0.3, 0.4) is 0 Å². The molecular formula is C21H21F2N3O3. The second kappa shape index (κ2) is 8.18. The van der Waals surface area contributed by atoms with Crippen LogP contribution in [-0.4, -0.2) is 49.4 Å². The molecule has 1 aliphatic heterocycles. The SMILES string of the molecule is CN(CCC1OCCO1)c1ccc(N=Cc2c(O)[nH]c3cc(F)ccc23)cc1F. The number of ether oxygens (including phenoxy) is 2. The Morgan fingerprint density at radius 3 is 2.76 bits per heavy atom. The van der Waals surface area contributed by atoms with Gasteiger partial charge >= 0.3 is 0 Å². The maximum absolute atomic E-state index is 14.6. The number of anilines is 1. The Morgan fingerprint density at radius 1 is 1.21 bits per heavy atom. The highest BCUT2D eigenvalue weighted by Gasteiger charge is 2.17. The van der Waals surface area contributed by atoms with Gasteiger partial charge in [0.15, 0.2) is 12.2 Å². The van der Waals surface area contributed by atoms with E-state index in [1.165, 1.54) is 24.4 Å². The first-order valence-electron chi connectivity index (χ1n) is 9.29. The van der Waals surface area contributed by atoms with Gasteiger partial charge in [0.1, 0.15) is 11.6 Å². The molecule has 0 saturated carbocycles. The van der Waals surface area contributed by atoms with Crippen LogP contribution in [0.2, 0.25) is 0 Å². The second-order valence-corrected chi connectivity index (χ2v) is 6.85. The summed E-state index contributed by atoms with van der Waals surface area (Å²) in [7, 11) is 1.80. The monoisotopic (exact) mass is 401 g/mol. The van der Waals surface area contributed by atoms with Crippen molar-refractivity contribution in [2.24, 2.45) is 4.99 Å². The smallest absolute Gasteiger partial charge is 0.198 e. The van der Waals surface area contributed by atoms with Crippen molar-refractivity contribution in [2.45, 2.75) is 12.7 Å². The van der Waals surface area contributed by atoms with Crippen molar-refractivity contribution in [2.75, 3.05) is 31.7 Å². The number of benzene rings is 2. The fraction of sp³-hybridized carbons (Fsp3) is 0.286. The lowest BCUT2D eigenvalue weighted by atomic mass is 10.2. The lowest BCUT2D eigenvalue weighted by molar-refractivity contribution is -0.0447. The number of H-pyrrole nitrogens is 1. The maximum atomic E-state index is 14.6. The van der Waals surface area contributed by atoms with E-state index in [2.05, 4.69) is 9.98 Å².